The average Bonchev–Trinajstić information content (AvgIpc) is 3.62. The van der Waals surface area contributed by atoms with Gasteiger partial charge in [0.1, 0.15) is 11.9 Å². The number of fused-ring (bicyclic) bond motifs is 7. The summed E-state index contributed by atoms with van der Waals surface area (Å²) >= 11 is 0. The van der Waals surface area contributed by atoms with Gasteiger partial charge in [-0.1, -0.05) is 13.2 Å². The predicted molar refractivity (Wildman–Crippen MR) is 191 cm³/mol. The molecular weight excluding hydrogens is 682 g/mol. The third kappa shape index (κ3) is 7.99. The molecule has 3 N–H and O–H groups in total. The molecule has 8 heterocycles. The lowest BCUT2D eigenvalue weighted by Crippen LogP contribution is -2.71. The van der Waals surface area contributed by atoms with Crippen LogP contribution in [0.2, 0.25) is 0 Å². The van der Waals surface area contributed by atoms with Crippen LogP contribution in [0.15, 0.2) is 24.3 Å². The molecule has 11 bridgehead atoms. The molecule has 1 aliphatic carbocycles. The summed E-state index contributed by atoms with van der Waals surface area (Å²) in [6.45, 7) is 9.18. The Bertz CT molecular complexity index is 1350. The smallest absolute Gasteiger partial charge is 0.165 e. The molecule has 12 nitrogen and oxygen atoms in total. The highest BCUT2D eigenvalue weighted by molar-refractivity contribution is 5.79. The van der Waals surface area contributed by atoms with Gasteiger partial charge in [0.05, 0.1) is 73.2 Å². The Labute approximate surface area is 314 Å². The fourth-order valence-electron chi connectivity index (χ4n) is 11.2. The van der Waals surface area contributed by atoms with Gasteiger partial charge in [-0.3, -0.25) is 4.79 Å². The summed E-state index contributed by atoms with van der Waals surface area (Å²) in [6.07, 6.45) is 3.77. The number of methoxy groups -OCH3 is 1. The Morgan fingerprint density at radius 2 is 1.64 bits per heavy atom. The summed E-state index contributed by atoms with van der Waals surface area (Å²) in [7, 11) is 3.47. The van der Waals surface area contributed by atoms with Crippen LogP contribution >= 0.6 is 0 Å². The lowest BCUT2D eigenvalue weighted by atomic mass is 9.61. The van der Waals surface area contributed by atoms with E-state index in [1.165, 1.54) is 0 Å². The maximum Gasteiger partial charge on any atom is 0.165 e. The van der Waals surface area contributed by atoms with Crippen LogP contribution in [0, 0.1) is 17.8 Å². The summed E-state index contributed by atoms with van der Waals surface area (Å²) in [5.74, 6) is -1.92. The van der Waals surface area contributed by atoms with E-state index >= 15 is 0 Å². The van der Waals surface area contributed by atoms with E-state index in [2.05, 4.69) is 18.5 Å². The SMILES string of the molecule is C=C1C[C@@H]2CC[C@@]3(O)C[C@@H]([O-])[C@@H]4CC5[C@H]4O[C@H]4CC[C@H](CC(=O)C[C@@H]6[C@@H](OC)[C@@H](C[C@H](O)CNC)O[C@H]6C[C@H]6O[C@H](CCC6=C)CC[C@@H]1O2)O[C@@H]4[C@@H]5O3. The molecule has 9 aliphatic rings. The summed E-state index contributed by atoms with van der Waals surface area (Å²) < 4.78 is 46.0. The van der Waals surface area contributed by atoms with Crippen molar-refractivity contribution in [2.75, 3.05) is 20.7 Å². The number of carbonyl (C=O) groups is 1. The van der Waals surface area contributed by atoms with Gasteiger partial charge in [-0.05, 0) is 88.3 Å². The molecule has 18 atom stereocenters. The van der Waals surface area contributed by atoms with E-state index in [1.54, 1.807) is 7.11 Å². The molecule has 53 heavy (non-hydrogen) atoms. The molecule has 9 rings (SSSR count). The van der Waals surface area contributed by atoms with Gasteiger partial charge >= 0.3 is 0 Å². The van der Waals surface area contributed by atoms with E-state index in [9.17, 15) is 20.1 Å². The first-order valence-electron chi connectivity index (χ1n) is 20.6. The number of ketones is 1. The molecular formula is C41H62NO11-. The zero-order valence-electron chi connectivity index (χ0n) is 31.6. The molecule has 298 valence electrons. The summed E-state index contributed by atoms with van der Waals surface area (Å²) in [4.78, 5) is 14.0. The van der Waals surface area contributed by atoms with Gasteiger partial charge in [0.25, 0.3) is 0 Å². The molecule has 9 fully saturated rings. The second-order valence-electron chi connectivity index (χ2n) is 17.6. The molecule has 0 aromatic heterocycles. The van der Waals surface area contributed by atoms with Crippen molar-refractivity contribution in [3.63, 3.8) is 0 Å². The Kier molecular flexibility index (Phi) is 11.6. The first kappa shape index (κ1) is 38.6. The van der Waals surface area contributed by atoms with Crippen LogP contribution in [0.1, 0.15) is 96.3 Å². The fraction of sp³-hybridized carbons (Fsp3) is 0.878. The molecule has 1 unspecified atom stereocenters. The Morgan fingerprint density at radius 1 is 0.849 bits per heavy atom. The zero-order chi connectivity index (χ0) is 37.0. The van der Waals surface area contributed by atoms with Crippen molar-refractivity contribution in [2.45, 2.75) is 188 Å². The van der Waals surface area contributed by atoms with E-state index < -0.39 is 30.2 Å². The minimum absolute atomic E-state index is 0.000884. The molecule has 0 aromatic carbocycles. The van der Waals surface area contributed by atoms with Crippen LogP contribution in [-0.2, 0) is 38.0 Å². The second-order valence-corrected chi connectivity index (χ2v) is 17.6. The minimum Gasteiger partial charge on any atom is -0.852 e. The summed E-state index contributed by atoms with van der Waals surface area (Å²) in [5.41, 5.74) is 2.09. The van der Waals surface area contributed by atoms with Crippen molar-refractivity contribution in [1.29, 1.82) is 0 Å². The van der Waals surface area contributed by atoms with Crippen LogP contribution in [0.25, 0.3) is 0 Å². The van der Waals surface area contributed by atoms with Gasteiger partial charge in [0, 0.05) is 57.6 Å². The van der Waals surface area contributed by atoms with Crippen LogP contribution in [-0.4, -0.2) is 128 Å². The van der Waals surface area contributed by atoms with Gasteiger partial charge in [-0.15, -0.1) is 6.10 Å². The third-order valence-electron chi connectivity index (χ3n) is 14.0. The number of Topliss-reactive ketones (excluding diaryl/α,β-unsaturated/α-hetero) is 1. The zero-order valence-corrected chi connectivity index (χ0v) is 31.6. The lowest BCUT2D eigenvalue weighted by Gasteiger charge is -2.63. The largest absolute Gasteiger partial charge is 0.852 e. The van der Waals surface area contributed by atoms with Gasteiger partial charge in [0.2, 0.25) is 0 Å². The number of hydrogen-bond donors (Lipinski definition) is 3. The van der Waals surface area contributed by atoms with Gasteiger partial charge in [-0.25, -0.2) is 0 Å². The molecule has 0 amide bonds. The number of ether oxygens (including phenoxy) is 7. The van der Waals surface area contributed by atoms with E-state index in [-0.39, 0.29) is 104 Å². The molecule has 0 aromatic rings. The third-order valence-corrected chi connectivity index (χ3v) is 14.0. The topological polar surface area (TPSA) is 157 Å². The first-order chi connectivity index (χ1) is 25.5. The van der Waals surface area contributed by atoms with Gasteiger partial charge in [-0.2, -0.15) is 0 Å². The lowest BCUT2D eigenvalue weighted by molar-refractivity contribution is -0.483. The van der Waals surface area contributed by atoms with Crippen molar-refractivity contribution in [2.24, 2.45) is 17.8 Å². The number of likely N-dealkylation sites (N-methyl/N-ethyl adjacent to an activating group) is 1. The number of aliphatic hydroxyl groups excluding tert-OH is 1. The normalized spacial score (nSPS) is 49.6. The van der Waals surface area contributed by atoms with Gasteiger partial charge in [0.15, 0.2) is 5.79 Å². The van der Waals surface area contributed by atoms with Crippen LogP contribution in [0.3, 0.4) is 0 Å². The monoisotopic (exact) mass is 744 g/mol. The molecule has 8 saturated heterocycles. The molecule has 0 radical (unpaired) electrons. The van der Waals surface area contributed by atoms with Crippen molar-refractivity contribution in [3.05, 3.63) is 24.3 Å². The number of hydrogen-bond acceptors (Lipinski definition) is 12. The number of nitrogens with one attached hydrogen (secondary N) is 1. The van der Waals surface area contributed by atoms with E-state index in [1.807, 2.05) is 7.05 Å². The maximum atomic E-state index is 14.0. The molecule has 0 spiro atoms. The van der Waals surface area contributed by atoms with Crippen molar-refractivity contribution in [1.82, 2.24) is 5.32 Å². The number of aliphatic hydroxyl groups is 2. The number of rotatable bonds is 5. The Hall–Kier alpha value is -1.29. The number of carbonyl (C=O) groups excluding carboxylic acids is 1. The van der Waals surface area contributed by atoms with E-state index in [0.29, 0.717) is 57.9 Å². The van der Waals surface area contributed by atoms with Crippen molar-refractivity contribution < 1.29 is 53.3 Å². The highest BCUT2D eigenvalue weighted by Gasteiger charge is 2.61. The highest BCUT2D eigenvalue weighted by atomic mass is 16.7. The fourth-order valence-corrected chi connectivity index (χ4v) is 11.2. The van der Waals surface area contributed by atoms with Crippen molar-refractivity contribution in [3.8, 4) is 0 Å². The second kappa shape index (κ2) is 15.9. The van der Waals surface area contributed by atoms with Crippen LogP contribution in [0.4, 0.5) is 0 Å². The van der Waals surface area contributed by atoms with Crippen LogP contribution < -0.4 is 10.4 Å². The molecule has 1 saturated carbocycles. The standard InChI is InChI=1S/C41H62NO11/c1-21-5-6-25-7-9-32-22(2)13-27(49-32)11-12-41(46)19-31(45)28-17-30-37(28)52-33-10-8-26(50-40(33)39(30)53-41)14-23(43)15-29-35(18-34(21)48-25)51-36(38(29)47-4)16-24(44)20-42-3/h24-40,42,44,46H,1-2,5-20H2,3-4H3/q-1/t24-,25+,26+,27-,28-,29-,30?,31+,32-,33-,34+,35-,36+,37-,38+,39+,40-,41-/m0/s1. The molecule has 8 aliphatic heterocycles. The highest BCUT2D eigenvalue weighted by Crippen LogP contribution is 2.53. The first-order valence-corrected chi connectivity index (χ1v) is 20.6. The van der Waals surface area contributed by atoms with Crippen molar-refractivity contribution >= 4 is 5.78 Å². The minimum atomic E-state index is -1.59. The van der Waals surface area contributed by atoms with Gasteiger partial charge < -0.3 is 53.8 Å². The van der Waals surface area contributed by atoms with Crippen LogP contribution in [0.5, 0.6) is 0 Å². The maximum absolute atomic E-state index is 14.0. The average molecular weight is 745 g/mol. The summed E-state index contributed by atoms with van der Waals surface area (Å²) in [5, 5.41) is 39.3. The summed E-state index contributed by atoms with van der Waals surface area (Å²) in [6, 6.07) is 0. The quantitative estimate of drug-likeness (QED) is 0.355. The predicted octanol–water partition coefficient (Wildman–Crippen LogP) is 2.64. The Balaban J connectivity index is 1.05. The van der Waals surface area contributed by atoms with E-state index in [0.717, 1.165) is 36.8 Å². The Morgan fingerprint density at radius 3 is 2.45 bits per heavy atom. The van der Waals surface area contributed by atoms with E-state index in [4.69, 9.17) is 33.2 Å². The molecule has 12 heteroatoms.